The molecule has 39 heavy (non-hydrogen) atoms. The Morgan fingerprint density at radius 1 is 1.23 bits per heavy atom. The number of aromatic nitrogens is 1. The fourth-order valence-corrected chi connectivity index (χ4v) is 4.52. The number of anilines is 3. The van der Waals surface area contributed by atoms with Crippen molar-refractivity contribution in [1.29, 1.82) is 5.26 Å². The first-order chi connectivity index (χ1) is 19.1. The van der Waals surface area contributed by atoms with Gasteiger partial charge in [-0.3, -0.25) is 14.7 Å². The fraction of sp³-hybridized carbons (Fsp3) is 0.300. The van der Waals surface area contributed by atoms with E-state index in [1.165, 1.54) is 12.3 Å². The van der Waals surface area contributed by atoms with Gasteiger partial charge in [-0.1, -0.05) is 18.1 Å². The molecule has 1 atom stereocenters. The third-order valence-electron chi connectivity index (χ3n) is 6.56. The third kappa shape index (κ3) is 6.54. The molecule has 9 heteroatoms. The summed E-state index contributed by atoms with van der Waals surface area (Å²) in [4.78, 5) is 19.6. The summed E-state index contributed by atoms with van der Waals surface area (Å²) in [5, 5.41) is 16.8. The van der Waals surface area contributed by atoms with Crippen LogP contribution in [0.2, 0.25) is 0 Å². The molecule has 0 aliphatic carbocycles. The Morgan fingerprint density at radius 3 is 2.87 bits per heavy atom. The summed E-state index contributed by atoms with van der Waals surface area (Å²) < 4.78 is 17.1. The van der Waals surface area contributed by atoms with Crippen molar-refractivity contribution in [2.24, 2.45) is 0 Å². The van der Waals surface area contributed by atoms with Crippen LogP contribution in [-0.4, -0.2) is 68.0 Å². The summed E-state index contributed by atoms with van der Waals surface area (Å²) in [6.07, 6.45) is 11.1. The molecule has 2 fully saturated rings. The van der Waals surface area contributed by atoms with Crippen LogP contribution in [0.4, 0.5) is 17.1 Å². The van der Waals surface area contributed by atoms with E-state index in [-0.39, 0.29) is 12.0 Å². The molecule has 2 saturated heterocycles. The van der Waals surface area contributed by atoms with Crippen LogP contribution in [0.3, 0.4) is 0 Å². The maximum absolute atomic E-state index is 12.9. The molecule has 2 aromatic carbocycles. The molecule has 0 saturated carbocycles. The minimum absolute atomic E-state index is 0.127. The predicted octanol–water partition coefficient (Wildman–Crippen LogP) is 3.83. The Morgan fingerprint density at radius 2 is 2.10 bits per heavy atom. The number of fused-ring (bicyclic) bond motifs is 1. The van der Waals surface area contributed by atoms with Crippen LogP contribution >= 0.6 is 0 Å². The van der Waals surface area contributed by atoms with Crippen molar-refractivity contribution in [3.63, 3.8) is 0 Å². The van der Waals surface area contributed by atoms with E-state index in [9.17, 15) is 10.1 Å². The second kappa shape index (κ2) is 12.4. The summed E-state index contributed by atoms with van der Waals surface area (Å²) >= 11 is 0. The zero-order valence-corrected chi connectivity index (χ0v) is 21.5. The summed E-state index contributed by atoms with van der Waals surface area (Å²) in [6, 6.07) is 13.1. The van der Waals surface area contributed by atoms with Crippen molar-refractivity contribution in [3.05, 3.63) is 65.9 Å². The Bertz CT molecular complexity index is 1460. The van der Waals surface area contributed by atoms with E-state index in [4.69, 9.17) is 20.6 Å². The number of hydrogen-bond acceptors (Lipinski definition) is 8. The number of amides is 1. The van der Waals surface area contributed by atoms with Gasteiger partial charge in [0.1, 0.15) is 17.9 Å². The number of nitriles is 1. The number of rotatable bonds is 8. The van der Waals surface area contributed by atoms with Gasteiger partial charge in [-0.05, 0) is 24.3 Å². The van der Waals surface area contributed by atoms with E-state index in [1.807, 2.05) is 30.3 Å². The predicted molar refractivity (Wildman–Crippen MR) is 149 cm³/mol. The van der Waals surface area contributed by atoms with Crippen LogP contribution in [0.25, 0.3) is 10.9 Å². The van der Waals surface area contributed by atoms with Gasteiger partial charge in [-0.15, -0.1) is 6.42 Å². The van der Waals surface area contributed by atoms with Gasteiger partial charge in [0.2, 0.25) is 5.91 Å². The van der Waals surface area contributed by atoms with Crippen molar-refractivity contribution in [2.45, 2.75) is 12.5 Å². The van der Waals surface area contributed by atoms with Crippen LogP contribution in [0, 0.1) is 23.7 Å². The average molecular weight is 524 g/mol. The van der Waals surface area contributed by atoms with Gasteiger partial charge < -0.3 is 24.8 Å². The number of carbonyl (C=O) groups is 1. The number of nitrogens with zero attached hydrogens (tertiary/aromatic N) is 3. The van der Waals surface area contributed by atoms with Crippen molar-refractivity contribution in [2.75, 3.05) is 56.7 Å². The topological polar surface area (TPSA) is 109 Å². The molecular formula is C30H29N5O4. The molecule has 198 valence electrons. The number of carbonyl (C=O) groups excluding carboxylic acids is 1. The number of terminal acetylenes is 1. The molecule has 9 nitrogen and oxygen atoms in total. The molecule has 5 rings (SSSR count). The zero-order chi connectivity index (χ0) is 27.0. The minimum Gasteiger partial charge on any atom is -0.486 e. The van der Waals surface area contributed by atoms with Gasteiger partial charge >= 0.3 is 0 Å². The average Bonchev–Trinajstić information content (AvgIpc) is 3.47. The number of pyridine rings is 1. The van der Waals surface area contributed by atoms with Crippen molar-refractivity contribution >= 4 is 33.9 Å². The number of ether oxygens (including phenoxy) is 3. The van der Waals surface area contributed by atoms with Crippen LogP contribution in [0.15, 0.2) is 54.7 Å². The Hall–Kier alpha value is -4.41. The second-order valence-electron chi connectivity index (χ2n) is 9.28. The molecule has 0 spiro atoms. The first-order valence-corrected chi connectivity index (χ1v) is 12.9. The molecule has 0 radical (unpaired) electrons. The molecule has 3 aromatic rings. The van der Waals surface area contributed by atoms with Gasteiger partial charge in [0.25, 0.3) is 0 Å². The quantitative estimate of drug-likeness (QED) is 0.339. The normalized spacial score (nSPS) is 17.5. The molecule has 3 heterocycles. The summed E-state index contributed by atoms with van der Waals surface area (Å²) in [7, 11) is 0. The maximum Gasteiger partial charge on any atom is 0.248 e. The Balaban J connectivity index is 1.47. The van der Waals surface area contributed by atoms with Gasteiger partial charge in [-0.25, -0.2) is 0 Å². The maximum atomic E-state index is 12.9. The standard InChI is InChI=1S/C30H29N5O4/c1-2-21-5-3-6-23(15-21)33-30-22(18-31)19-32-26-17-28(39-24-8-12-38-20-24)27(16-25(26)30)34-29(36)7-4-9-35-10-13-37-14-11-35/h1,3-7,15-17,19,24H,8-14,20H2,(H,32,33)(H,34,36)/b7-4+/t24-/m0/s1. The largest absolute Gasteiger partial charge is 0.486 e. The molecule has 2 aliphatic rings. The van der Waals surface area contributed by atoms with Crippen LogP contribution in [0.1, 0.15) is 17.5 Å². The monoisotopic (exact) mass is 523 g/mol. The lowest BCUT2D eigenvalue weighted by atomic mass is 10.1. The smallest absolute Gasteiger partial charge is 0.248 e. The van der Waals surface area contributed by atoms with E-state index >= 15 is 0 Å². The number of nitrogens with one attached hydrogen (secondary N) is 2. The number of morpholine rings is 1. The lowest BCUT2D eigenvalue weighted by Crippen LogP contribution is -2.36. The molecule has 0 bridgehead atoms. The minimum atomic E-state index is -0.282. The van der Waals surface area contributed by atoms with E-state index in [0.717, 1.165) is 25.2 Å². The first kappa shape index (κ1) is 26.2. The highest BCUT2D eigenvalue weighted by Crippen LogP contribution is 2.37. The highest BCUT2D eigenvalue weighted by atomic mass is 16.5. The molecular weight excluding hydrogens is 494 g/mol. The Labute approximate surface area is 227 Å². The molecule has 0 unspecified atom stereocenters. The van der Waals surface area contributed by atoms with Crippen molar-refractivity contribution in [3.8, 4) is 24.2 Å². The van der Waals surface area contributed by atoms with Gasteiger partial charge in [-0.2, -0.15) is 5.26 Å². The van der Waals surface area contributed by atoms with Crippen molar-refractivity contribution < 1.29 is 19.0 Å². The Kier molecular flexibility index (Phi) is 8.35. The van der Waals surface area contributed by atoms with Gasteiger partial charge in [0.05, 0.1) is 48.9 Å². The van der Waals surface area contributed by atoms with Crippen LogP contribution in [-0.2, 0) is 14.3 Å². The lowest BCUT2D eigenvalue weighted by molar-refractivity contribution is -0.111. The van der Waals surface area contributed by atoms with Gasteiger partial charge in [0.15, 0.2) is 0 Å². The lowest BCUT2D eigenvalue weighted by Gasteiger charge is -2.25. The van der Waals surface area contributed by atoms with Gasteiger partial charge in [0, 0.05) is 61.0 Å². The third-order valence-corrected chi connectivity index (χ3v) is 6.56. The summed E-state index contributed by atoms with van der Waals surface area (Å²) in [5.74, 6) is 2.83. The second-order valence-corrected chi connectivity index (χ2v) is 9.28. The molecule has 2 aliphatic heterocycles. The fourth-order valence-electron chi connectivity index (χ4n) is 4.52. The zero-order valence-electron chi connectivity index (χ0n) is 21.5. The van der Waals surface area contributed by atoms with E-state index in [2.05, 4.69) is 32.5 Å². The first-order valence-electron chi connectivity index (χ1n) is 12.9. The summed E-state index contributed by atoms with van der Waals surface area (Å²) in [6.45, 7) is 4.84. The SMILES string of the molecule is C#Cc1cccc(Nc2c(C#N)cnc3cc(O[C@H]4CCOC4)c(NC(=O)/C=C/CN4CCOCC4)cc23)c1. The highest BCUT2D eigenvalue weighted by molar-refractivity contribution is 6.04. The highest BCUT2D eigenvalue weighted by Gasteiger charge is 2.21. The van der Waals surface area contributed by atoms with Crippen LogP contribution in [0.5, 0.6) is 5.75 Å². The number of hydrogen-bond donors (Lipinski definition) is 2. The molecule has 1 amide bonds. The van der Waals surface area contributed by atoms with E-state index in [1.54, 1.807) is 12.1 Å². The van der Waals surface area contributed by atoms with E-state index in [0.29, 0.717) is 72.1 Å². The van der Waals surface area contributed by atoms with Crippen LogP contribution < -0.4 is 15.4 Å². The summed E-state index contributed by atoms with van der Waals surface area (Å²) in [5.41, 5.74) is 3.45. The van der Waals surface area contributed by atoms with E-state index < -0.39 is 0 Å². The molecule has 1 aromatic heterocycles. The van der Waals surface area contributed by atoms with Crippen molar-refractivity contribution in [1.82, 2.24) is 9.88 Å². The molecule has 2 N–H and O–H groups in total. The number of benzene rings is 2.